The quantitative estimate of drug-likeness (QED) is 0.605. The molecule has 6 heteroatoms. The molecular formula is C15H14Br3NO2. The summed E-state index contributed by atoms with van der Waals surface area (Å²) in [6.45, 7) is 0.663. The second-order valence-electron chi connectivity index (χ2n) is 4.28. The largest absolute Gasteiger partial charge is 0.493 e. The van der Waals surface area contributed by atoms with Crippen LogP contribution in [-0.4, -0.2) is 14.2 Å². The molecule has 0 saturated heterocycles. The van der Waals surface area contributed by atoms with Gasteiger partial charge in [-0.3, -0.25) is 0 Å². The summed E-state index contributed by atoms with van der Waals surface area (Å²) in [5.74, 6) is 1.42. The molecule has 0 unspecified atom stereocenters. The van der Waals surface area contributed by atoms with E-state index in [9.17, 15) is 0 Å². The van der Waals surface area contributed by atoms with Gasteiger partial charge in [-0.25, -0.2) is 0 Å². The monoisotopic (exact) mass is 477 g/mol. The maximum absolute atomic E-state index is 5.34. The minimum Gasteiger partial charge on any atom is -0.493 e. The molecule has 0 aromatic heterocycles. The molecule has 0 heterocycles. The topological polar surface area (TPSA) is 30.5 Å². The second kappa shape index (κ2) is 7.51. The molecule has 1 N–H and O–H groups in total. The fraction of sp³-hybridized carbons (Fsp3) is 0.200. The van der Waals surface area contributed by atoms with Gasteiger partial charge in [-0.05, 0) is 51.8 Å². The number of benzene rings is 2. The summed E-state index contributed by atoms with van der Waals surface area (Å²) < 4.78 is 13.6. The molecule has 21 heavy (non-hydrogen) atoms. The van der Waals surface area contributed by atoms with Gasteiger partial charge in [0.2, 0.25) is 0 Å². The van der Waals surface area contributed by atoms with Gasteiger partial charge in [0.25, 0.3) is 0 Å². The van der Waals surface area contributed by atoms with Gasteiger partial charge in [-0.15, -0.1) is 0 Å². The van der Waals surface area contributed by atoms with Gasteiger partial charge in [0.15, 0.2) is 11.5 Å². The number of hydrogen-bond donors (Lipinski definition) is 1. The van der Waals surface area contributed by atoms with Crippen molar-refractivity contribution in [2.75, 3.05) is 19.5 Å². The van der Waals surface area contributed by atoms with E-state index in [1.165, 1.54) is 0 Å². The first-order valence-corrected chi connectivity index (χ1v) is 8.52. The average Bonchev–Trinajstić information content (AvgIpc) is 2.48. The Balaban J connectivity index is 2.21. The number of rotatable bonds is 5. The average molecular weight is 480 g/mol. The normalized spacial score (nSPS) is 10.3. The van der Waals surface area contributed by atoms with E-state index in [0.29, 0.717) is 18.0 Å². The lowest BCUT2D eigenvalue weighted by Gasteiger charge is -2.14. The van der Waals surface area contributed by atoms with Crippen LogP contribution in [0.3, 0.4) is 0 Å². The van der Waals surface area contributed by atoms with Gasteiger partial charge in [0, 0.05) is 25.7 Å². The molecule has 3 nitrogen and oxygen atoms in total. The third-order valence-electron chi connectivity index (χ3n) is 2.95. The first kappa shape index (κ1) is 16.6. The van der Waals surface area contributed by atoms with Gasteiger partial charge >= 0.3 is 0 Å². The molecule has 0 aliphatic rings. The lowest BCUT2D eigenvalue weighted by Crippen LogP contribution is -2.02. The predicted octanol–water partition coefficient (Wildman–Crippen LogP) is 5.60. The SMILES string of the molecule is COc1cc(Br)c(CNc2cc(Br)ccc2Br)cc1OC. The lowest BCUT2D eigenvalue weighted by molar-refractivity contribution is 0.354. The van der Waals surface area contributed by atoms with E-state index in [-0.39, 0.29) is 0 Å². The Labute approximate surface area is 149 Å². The Morgan fingerprint density at radius 2 is 1.57 bits per heavy atom. The maximum Gasteiger partial charge on any atom is 0.161 e. The smallest absolute Gasteiger partial charge is 0.161 e. The molecule has 0 saturated carbocycles. The van der Waals surface area contributed by atoms with Crippen molar-refractivity contribution in [2.24, 2.45) is 0 Å². The van der Waals surface area contributed by atoms with Crippen LogP contribution in [0.2, 0.25) is 0 Å². The van der Waals surface area contributed by atoms with Crippen LogP contribution in [0.25, 0.3) is 0 Å². The zero-order valence-electron chi connectivity index (χ0n) is 11.5. The predicted molar refractivity (Wildman–Crippen MR) is 96.4 cm³/mol. The highest BCUT2D eigenvalue weighted by molar-refractivity contribution is 9.11. The van der Waals surface area contributed by atoms with Gasteiger partial charge in [-0.1, -0.05) is 31.9 Å². The Bertz CT molecular complexity index is 647. The molecular weight excluding hydrogens is 466 g/mol. The van der Waals surface area contributed by atoms with Gasteiger partial charge in [-0.2, -0.15) is 0 Å². The Kier molecular flexibility index (Phi) is 5.96. The first-order chi connectivity index (χ1) is 10.0. The standard InChI is InChI=1S/C15H14Br3NO2/c1-20-14-5-9(12(18)7-15(14)21-2)8-19-13-6-10(16)3-4-11(13)17/h3-7,19H,8H2,1-2H3. The summed E-state index contributed by atoms with van der Waals surface area (Å²) >= 11 is 10.6. The third kappa shape index (κ3) is 4.14. The van der Waals surface area contributed by atoms with Crippen LogP contribution in [0.4, 0.5) is 5.69 Å². The van der Waals surface area contributed by atoms with E-state index >= 15 is 0 Å². The van der Waals surface area contributed by atoms with Gasteiger partial charge < -0.3 is 14.8 Å². The molecule has 2 aromatic carbocycles. The van der Waals surface area contributed by atoms with Crippen molar-refractivity contribution in [2.45, 2.75) is 6.54 Å². The minimum atomic E-state index is 0.663. The second-order valence-corrected chi connectivity index (χ2v) is 6.90. The third-order valence-corrected chi connectivity index (χ3v) is 4.87. The number of methoxy groups -OCH3 is 2. The summed E-state index contributed by atoms with van der Waals surface area (Å²) in [7, 11) is 3.26. The van der Waals surface area contributed by atoms with Crippen molar-refractivity contribution < 1.29 is 9.47 Å². The van der Waals surface area contributed by atoms with Crippen LogP contribution in [0, 0.1) is 0 Å². The molecule has 0 aliphatic carbocycles. The summed E-state index contributed by atoms with van der Waals surface area (Å²) in [4.78, 5) is 0. The van der Waals surface area contributed by atoms with E-state index in [2.05, 4.69) is 53.1 Å². The van der Waals surface area contributed by atoms with Crippen molar-refractivity contribution in [3.05, 3.63) is 49.3 Å². The van der Waals surface area contributed by atoms with E-state index in [1.807, 2.05) is 30.3 Å². The number of halogens is 3. The first-order valence-electron chi connectivity index (χ1n) is 6.14. The van der Waals surface area contributed by atoms with Crippen molar-refractivity contribution in [3.63, 3.8) is 0 Å². The molecule has 0 bridgehead atoms. The molecule has 0 spiro atoms. The van der Waals surface area contributed by atoms with E-state index in [0.717, 1.165) is 24.7 Å². The number of nitrogens with one attached hydrogen (secondary N) is 1. The zero-order chi connectivity index (χ0) is 15.4. The van der Waals surface area contributed by atoms with Crippen LogP contribution in [0.1, 0.15) is 5.56 Å². The van der Waals surface area contributed by atoms with E-state index in [4.69, 9.17) is 9.47 Å². The molecule has 0 aliphatic heterocycles. The van der Waals surface area contributed by atoms with Gasteiger partial charge in [0.05, 0.1) is 14.2 Å². The van der Waals surface area contributed by atoms with Crippen molar-refractivity contribution in [1.82, 2.24) is 0 Å². The molecule has 0 atom stereocenters. The summed E-state index contributed by atoms with van der Waals surface area (Å²) in [6.07, 6.45) is 0. The molecule has 2 rings (SSSR count). The number of anilines is 1. The number of ether oxygens (including phenoxy) is 2. The summed E-state index contributed by atoms with van der Waals surface area (Å²) in [6, 6.07) is 9.88. The van der Waals surface area contributed by atoms with E-state index < -0.39 is 0 Å². The summed E-state index contributed by atoms with van der Waals surface area (Å²) in [5.41, 5.74) is 2.10. The lowest BCUT2D eigenvalue weighted by atomic mass is 10.2. The highest BCUT2D eigenvalue weighted by Gasteiger charge is 2.10. The molecule has 2 aromatic rings. The van der Waals surface area contributed by atoms with Crippen molar-refractivity contribution in [1.29, 1.82) is 0 Å². The van der Waals surface area contributed by atoms with Crippen LogP contribution in [0.5, 0.6) is 11.5 Å². The van der Waals surface area contributed by atoms with Crippen molar-refractivity contribution >= 4 is 53.5 Å². The highest BCUT2D eigenvalue weighted by atomic mass is 79.9. The van der Waals surface area contributed by atoms with Crippen LogP contribution >= 0.6 is 47.8 Å². The molecule has 112 valence electrons. The van der Waals surface area contributed by atoms with Crippen LogP contribution in [-0.2, 0) is 6.54 Å². The van der Waals surface area contributed by atoms with E-state index in [1.54, 1.807) is 14.2 Å². The molecule has 0 fully saturated rings. The van der Waals surface area contributed by atoms with Crippen molar-refractivity contribution in [3.8, 4) is 11.5 Å². The Hall–Kier alpha value is -0.720. The summed E-state index contributed by atoms with van der Waals surface area (Å²) in [5, 5.41) is 3.40. The van der Waals surface area contributed by atoms with Crippen LogP contribution in [0.15, 0.2) is 43.7 Å². The maximum atomic E-state index is 5.34. The molecule has 0 amide bonds. The van der Waals surface area contributed by atoms with Gasteiger partial charge in [0.1, 0.15) is 0 Å². The van der Waals surface area contributed by atoms with Crippen LogP contribution < -0.4 is 14.8 Å². The highest BCUT2D eigenvalue weighted by Crippen LogP contribution is 2.34. The fourth-order valence-electron chi connectivity index (χ4n) is 1.86. The molecule has 0 radical (unpaired) electrons. The Morgan fingerprint density at radius 1 is 0.905 bits per heavy atom. The number of hydrogen-bond acceptors (Lipinski definition) is 3. The Morgan fingerprint density at radius 3 is 2.24 bits per heavy atom. The fourth-order valence-corrected chi connectivity index (χ4v) is 3.07. The zero-order valence-corrected chi connectivity index (χ0v) is 16.3. The minimum absolute atomic E-state index is 0.663.